The van der Waals surface area contributed by atoms with Crippen LogP contribution in [0.25, 0.3) is 21.9 Å². The molecular weight excluding hydrogens is 525 g/mol. The highest BCUT2D eigenvalue weighted by molar-refractivity contribution is 14.1. The minimum atomic E-state index is 0.490. The number of ether oxygens (including phenoxy) is 1. The lowest BCUT2D eigenvalue weighted by Crippen LogP contribution is -2.35. The number of anilines is 1. The zero-order chi connectivity index (χ0) is 23.1. The molecule has 4 heterocycles. The van der Waals surface area contributed by atoms with Crippen LogP contribution in [0, 0.1) is 30.3 Å². The molecule has 0 aliphatic carbocycles. The van der Waals surface area contributed by atoms with E-state index in [-0.39, 0.29) is 0 Å². The maximum Gasteiger partial charge on any atom is 0.148 e. The first-order valence-corrected chi connectivity index (χ1v) is 12.9. The number of aromatic amines is 1. The minimum Gasteiger partial charge on any atom is -0.360 e. The number of piperidine rings is 1. The fourth-order valence-corrected chi connectivity index (χ4v) is 6.00. The molecule has 1 aliphatic rings. The third-order valence-electron chi connectivity index (χ3n) is 7.12. The van der Waals surface area contributed by atoms with E-state index >= 15 is 0 Å². The predicted octanol–water partition coefficient (Wildman–Crippen LogP) is 5.90. The highest BCUT2D eigenvalue weighted by atomic mass is 127. The summed E-state index contributed by atoms with van der Waals surface area (Å²) < 4.78 is 9.41. The maximum atomic E-state index is 6.12. The van der Waals surface area contributed by atoms with Gasteiger partial charge in [-0.1, -0.05) is 13.0 Å². The lowest BCUT2D eigenvalue weighted by atomic mass is 10.0. The average molecular weight is 557 g/mol. The van der Waals surface area contributed by atoms with Gasteiger partial charge in [-0.15, -0.1) is 0 Å². The molecule has 33 heavy (non-hydrogen) atoms. The fraction of sp³-hybridized carbons (Fsp3) is 0.462. The Kier molecular flexibility index (Phi) is 6.35. The predicted molar refractivity (Wildman–Crippen MR) is 143 cm³/mol. The van der Waals surface area contributed by atoms with E-state index in [2.05, 4.69) is 93.0 Å². The molecule has 1 aliphatic heterocycles. The molecule has 0 spiro atoms. The Bertz CT molecular complexity index is 1310. The molecule has 5 rings (SSSR count). The lowest BCUT2D eigenvalue weighted by molar-refractivity contribution is 0.0815. The summed E-state index contributed by atoms with van der Waals surface area (Å²) in [5.74, 6) is 1.77. The summed E-state index contributed by atoms with van der Waals surface area (Å²) in [4.78, 5) is 15.3. The number of nitrogens with zero attached hydrogens (tertiary/aromatic N) is 4. The second-order valence-corrected chi connectivity index (χ2v) is 10.6. The van der Waals surface area contributed by atoms with Gasteiger partial charge in [0, 0.05) is 45.9 Å². The van der Waals surface area contributed by atoms with E-state index in [9.17, 15) is 0 Å². The van der Waals surface area contributed by atoms with Gasteiger partial charge in [-0.3, -0.25) is 0 Å². The van der Waals surface area contributed by atoms with Crippen LogP contribution in [-0.4, -0.2) is 39.2 Å². The summed E-state index contributed by atoms with van der Waals surface area (Å²) in [5, 5.41) is 2.50. The number of halogens is 1. The second-order valence-electron chi connectivity index (χ2n) is 9.48. The molecule has 6 nitrogen and oxygen atoms in total. The van der Waals surface area contributed by atoms with Crippen LogP contribution < -0.4 is 4.90 Å². The monoisotopic (exact) mass is 557 g/mol. The van der Waals surface area contributed by atoms with Gasteiger partial charge in [-0.05, 0) is 84.9 Å². The van der Waals surface area contributed by atoms with E-state index in [1.54, 1.807) is 6.33 Å². The number of benzene rings is 1. The molecule has 1 saturated heterocycles. The van der Waals surface area contributed by atoms with Crippen molar-refractivity contribution in [2.24, 2.45) is 5.92 Å². The Balaban J connectivity index is 1.30. The van der Waals surface area contributed by atoms with Gasteiger partial charge >= 0.3 is 0 Å². The van der Waals surface area contributed by atoms with Crippen molar-refractivity contribution in [3.63, 3.8) is 0 Å². The average Bonchev–Trinajstić information content (AvgIpc) is 3.30. The van der Waals surface area contributed by atoms with Gasteiger partial charge < -0.3 is 19.2 Å². The van der Waals surface area contributed by atoms with E-state index in [1.807, 2.05) is 0 Å². The number of nitrogens with one attached hydrogen (secondary N) is 1. The van der Waals surface area contributed by atoms with Gasteiger partial charge in [-0.25, -0.2) is 9.97 Å². The van der Waals surface area contributed by atoms with Crippen molar-refractivity contribution >= 4 is 50.3 Å². The van der Waals surface area contributed by atoms with Gasteiger partial charge in [0.15, 0.2) is 0 Å². The third kappa shape index (κ3) is 4.25. The van der Waals surface area contributed by atoms with Crippen LogP contribution >= 0.6 is 22.6 Å². The van der Waals surface area contributed by atoms with Crippen LogP contribution in [0.1, 0.15) is 42.1 Å². The molecule has 1 aromatic carbocycles. The molecule has 7 heteroatoms. The van der Waals surface area contributed by atoms with Crippen molar-refractivity contribution in [3.8, 4) is 0 Å². The zero-order valence-electron chi connectivity index (χ0n) is 19.9. The molecule has 1 atom stereocenters. The number of fused-ring (bicyclic) bond motifs is 2. The Labute approximate surface area is 208 Å². The largest absolute Gasteiger partial charge is 0.360 e. The molecule has 0 saturated carbocycles. The lowest BCUT2D eigenvalue weighted by Gasteiger charge is -2.32. The first-order valence-electron chi connectivity index (χ1n) is 11.8. The first kappa shape index (κ1) is 22.7. The zero-order valence-corrected chi connectivity index (χ0v) is 22.1. The van der Waals surface area contributed by atoms with Crippen LogP contribution in [0.15, 0.2) is 24.7 Å². The van der Waals surface area contributed by atoms with Crippen molar-refractivity contribution in [2.45, 2.75) is 53.7 Å². The van der Waals surface area contributed by atoms with Crippen molar-refractivity contribution < 1.29 is 4.74 Å². The Morgan fingerprint density at radius 1 is 1.15 bits per heavy atom. The third-order valence-corrected chi connectivity index (χ3v) is 7.94. The van der Waals surface area contributed by atoms with Gasteiger partial charge in [0.05, 0.1) is 12.0 Å². The van der Waals surface area contributed by atoms with Crippen molar-refractivity contribution in [1.29, 1.82) is 0 Å². The molecular formula is C26H32IN5O. The van der Waals surface area contributed by atoms with Gasteiger partial charge in [-0.2, -0.15) is 0 Å². The molecule has 174 valence electrons. The highest BCUT2D eigenvalue weighted by Crippen LogP contribution is 2.32. The van der Waals surface area contributed by atoms with Gasteiger partial charge in [0.2, 0.25) is 0 Å². The summed E-state index contributed by atoms with van der Waals surface area (Å²) in [6.07, 6.45) is 7.21. The fourth-order valence-electron chi connectivity index (χ4n) is 5.18. The standard InChI is InChI=1S/C26H32IN5O/c1-16-6-5-10-31(12-16)25-24-20(27)13-32(26(24)29-14-28-25)15-33-11-9-21-19(4)23-18(3)17(2)7-8-22(23)30-21/h7-8,13-14,16,30H,5-6,9-12,15H2,1-4H3/t16-/m0/s1. The molecule has 3 aromatic heterocycles. The molecule has 1 N–H and O–H groups in total. The summed E-state index contributed by atoms with van der Waals surface area (Å²) in [5.41, 5.74) is 7.46. The number of hydrogen-bond donors (Lipinski definition) is 1. The maximum absolute atomic E-state index is 6.12. The topological polar surface area (TPSA) is 59.0 Å². The van der Waals surface area contributed by atoms with E-state index in [0.717, 1.165) is 36.4 Å². The Hall–Kier alpha value is -2.13. The number of aromatic nitrogens is 4. The highest BCUT2D eigenvalue weighted by Gasteiger charge is 2.22. The second kappa shape index (κ2) is 9.25. The minimum absolute atomic E-state index is 0.490. The Morgan fingerprint density at radius 3 is 2.82 bits per heavy atom. The number of hydrogen-bond acceptors (Lipinski definition) is 4. The number of H-pyrrole nitrogens is 1. The van der Waals surface area contributed by atoms with Crippen molar-refractivity contribution in [1.82, 2.24) is 19.5 Å². The molecule has 0 amide bonds. The SMILES string of the molecule is Cc1ccc2[nH]c(CCOCn3cc(I)c4c(N5CCC[C@H](C)C5)ncnc43)c(C)c2c1C. The number of aryl methyl sites for hydroxylation is 3. The van der Waals surface area contributed by atoms with Gasteiger partial charge in [0.1, 0.15) is 24.5 Å². The molecule has 0 radical (unpaired) electrons. The summed E-state index contributed by atoms with van der Waals surface area (Å²) >= 11 is 2.41. The first-order chi connectivity index (χ1) is 15.9. The van der Waals surface area contributed by atoms with Crippen LogP contribution in [0.5, 0.6) is 0 Å². The molecule has 1 fully saturated rings. The van der Waals surface area contributed by atoms with Crippen LogP contribution in [0.2, 0.25) is 0 Å². The number of rotatable bonds is 6. The summed E-state index contributed by atoms with van der Waals surface area (Å²) in [6.45, 7) is 12.2. The Morgan fingerprint density at radius 2 is 2.00 bits per heavy atom. The van der Waals surface area contributed by atoms with Crippen LogP contribution in [0.3, 0.4) is 0 Å². The quantitative estimate of drug-likeness (QED) is 0.237. The van der Waals surface area contributed by atoms with E-state index < -0.39 is 0 Å². The van der Waals surface area contributed by atoms with Crippen molar-refractivity contribution in [3.05, 3.63) is 50.6 Å². The van der Waals surface area contributed by atoms with Crippen LogP contribution in [0.4, 0.5) is 5.82 Å². The summed E-state index contributed by atoms with van der Waals surface area (Å²) in [7, 11) is 0. The van der Waals surface area contributed by atoms with Crippen LogP contribution in [-0.2, 0) is 17.9 Å². The smallest absolute Gasteiger partial charge is 0.148 e. The molecule has 0 bridgehead atoms. The van der Waals surface area contributed by atoms with E-state index in [1.165, 1.54) is 49.7 Å². The van der Waals surface area contributed by atoms with Crippen molar-refractivity contribution in [2.75, 3.05) is 24.6 Å². The van der Waals surface area contributed by atoms with E-state index in [0.29, 0.717) is 19.3 Å². The molecule has 4 aromatic rings. The summed E-state index contributed by atoms with van der Waals surface area (Å²) in [6, 6.07) is 4.37. The molecule has 0 unspecified atom stereocenters. The van der Waals surface area contributed by atoms with Gasteiger partial charge in [0.25, 0.3) is 0 Å². The normalized spacial score (nSPS) is 16.9. The van der Waals surface area contributed by atoms with E-state index in [4.69, 9.17) is 4.74 Å².